The van der Waals surface area contributed by atoms with Crippen LogP contribution in [0.2, 0.25) is 0 Å². The Morgan fingerprint density at radius 1 is 1.42 bits per heavy atom. The first-order valence-electron chi connectivity index (χ1n) is 6.81. The highest BCUT2D eigenvalue weighted by atomic mass is 32.2. The topological polar surface area (TPSA) is 50.3 Å². The lowest BCUT2D eigenvalue weighted by atomic mass is 10.1. The smallest absolute Gasteiger partial charge is 0.191 e. The van der Waals surface area contributed by atoms with Crippen LogP contribution in [-0.2, 0) is 4.74 Å². The minimum absolute atomic E-state index is 0.388. The number of fused-ring (bicyclic) bond motifs is 1. The average molecular weight is 280 g/mol. The van der Waals surface area contributed by atoms with E-state index in [1.54, 1.807) is 11.8 Å². The van der Waals surface area contributed by atoms with Gasteiger partial charge in [-0.15, -0.1) is 0 Å². The van der Waals surface area contributed by atoms with E-state index in [9.17, 15) is 0 Å². The van der Waals surface area contributed by atoms with E-state index in [1.165, 1.54) is 19.3 Å². The maximum absolute atomic E-state index is 5.86. The zero-order valence-corrected chi connectivity index (χ0v) is 12.2. The van der Waals surface area contributed by atoms with Crippen LogP contribution in [-0.4, -0.2) is 48.6 Å². The lowest BCUT2D eigenvalue weighted by Gasteiger charge is -2.38. The van der Waals surface area contributed by atoms with Gasteiger partial charge in [0.15, 0.2) is 5.16 Å². The second kappa shape index (κ2) is 5.54. The summed E-state index contributed by atoms with van der Waals surface area (Å²) in [7, 11) is 1.90. The van der Waals surface area contributed by atoms with Gasteiger partial charge in [0.05, 0.1) is 18.8 Å². The van der Waals surface area contributed by atoms with Gasteiger partial charge in [-0.25, -0.2) is 9.97 Å². The highest BCUT2D eigenvalue weighted by molar-refractivity contribution is 7.98. The summed E-state index contributed by atoms with van der Waals surface area (Å²) in [5, 5.41) is 3.94. The van der Waals surface area contributed by atoms with Crippen LogP contribution in [0.5, 0.6) is 0 Å². The van der Waals surface area contributed by atoms with Crippen molar-refractivity contribution in [2.45, 2.75) is 36.6 Å². The summed E-state index contributed by atoms with van der Waals surface area (Å²) in [6.45, 7) is 1.73. The van der Waals surface area contributed by atoms with Gasteiger partial charge in [0.25, 0.3) is 0 Å². The summed E-state index contributed by atoms with van der Waals surface area (Å²) in [5.41, 5.74) is 0. The molecule has 0 aromatic carbocycles. The van der Waals surface area contributed by atoms with Gasteiger partial charge >= 0.3 is 0 Å². The molecule has 2 unspecified atom stereocenters. The minimum atomic E-state index is 0.388. The van der Waals surface area contributed by atoms with Crippen molar-refractivity contribution in [1.82, 2.24) is 9.97 Å². The molecule has 1 saturated carbocycles. The van der Waals surface area contributed by atoms with Crippen LogP contribution in [0.25, 0.3) is 0 Å². The SMILES string of the molecule is CNc1cc(N2CCOC3CCCC32)nc(SC)n1. The Morgan fingerprint density at radius 3 is 3.11 bits per heavy atom. The lowest BCUT2D eigenvalue weighted by molar-refractivity contribution is 0.0253. The number of rotatable bonds is 3. The third-order valence-electron chi connectivity index (χ3n) is 3.91. The summed E-state index contributed by atoms with van der Waals surface area (Å²) in [6, 6.07) is 2.53. The van der Waals surface area contributed by atoms with E-state index >= 15 is 0 Å². The maximum atomic E-state index is 5.86. The van der Waals surface area contributed by atoms with Crippen LogP contribution < -0.4 is 10.2 Å². The van der Waals surface area contributed by atoms with E-state index in [-0.39, 0.29) is 0 Å². The van der Waals surface area contributed by atoms with Gasteiger partial charge in [0, 0.05) is 19.7 Å². The molecular formula is C13H20N4OS. The van der Waals surface area contributed by atoms with E-state index in [2.05, 4.69) is 20.2 Å². The summed E-state index contributed by atoms with van der Waals surface area (Å²) in [4.78, 5) is 11.5. The molecule has 0 radical (unpaired) electrons. The van der Waals surface area contributed by atoms with Crippen molar-refractivity contribution in [3.8, 4) is 0 Å². The lowest BCUT2D eigenvalue weighted by Crippen LogP contribution is -2.49. The zero-order valence-electron chi connectivity index (χ0n) is 11.4. The van der Waals surface area contributed by atoms with Gasteiger partial charge in [-0.05, 0) is 25.5 Å². The summed E-state index contributed by atoms with van der Waals surface area (Å²) >= 11 is 1.58. The van der Waals surface area contributed by atoms with Crippen LogP contribution in [0.4, 0.5) is 11.6 Å². The number of hydrogen-bond acceptors (Lipinski definition) is 6. The molecule has 1 aliphatic heterocycles. The van der Waals surface area contributed by atoms with Crippen LogP contribution in [0.1, 0.15) is 19.3 Å². The van der Waals surface area contributed by atoms with Crippen molar-refractivity contribution in [2.75, 3.05) is 36.7 Å². The monoisotopic (exact) mass is 280 g/mol. The van der Waals surface area contributed by atoms with Gasteiger partial charge in [-0.1, -0.05) is 11.8 Å². The summed E-state index contributed by atoms with van der Waals surface area (Å²) in [5.74, 6) is 1.92. The highest BCUT2D eigenvalue weighted by Crippen LogP contribution is 2.33. The molecule has 1 aliphatic carbocycles. The normalized spacial score (nSPS) is 26.3. The van der Waals surface area contributed by atoms with Crippen LogP contribution in [0, 0.1) is 0 Å². The molecule has 2 heterocycles. The van der Waals surface area contributed by atoms with Crippen molar-refractivity contribution in [1.29, 1.82) is 0 Å². The molecule has 2 aliphatic rings. The van der Waals surface area contributed by atoms with Crippen molar-refractivity contribution in [3.05, 3.63) is 6.07 Å². The second-order valence-corrected chi connectivity index (χ2v) is 5.72. The van der Waals surface area contributed by atoms with Gasteiger partial charge < -0.3 is 15.0 Å². The Bertz CT molecular complexity index is 434. The quantitative estimate of drug-likeness (QED) is 0.675. The average Bonchev–Trinajstić information content (AvgIpc) is 2.94. The number of ether oxygens (including phenoxy) is 1. The van der Waals surface area contributed by atoms with Crippen LogP contribution >= 0.6 is 11.8 Å². The van der Waals surface area contributed by atoms with Crippen molar-refractivity contribution in [3.63, 3.8) is 0 Å². The van der Waals surface area contributed by atoms with E-state index < -0.39 is 0 Å². The molecule has 6 heteroatoms. The Labute approximate surface area is 118 Å². The van der Waals surface area contributed by atoms with Gasteiger partial charge in [-0.2, -0.15) is 0 Å². The fourth-order valence-corrected chi connectivity index (χ4v) is 3.36. The Hall–Kier alpha value is -1.01. The molecule has 0 spiro atoms. The maximum Gasteiger partial charge on any atom is 0.191 e. The molecule has 2 fully saturated rings. The first kappa shape index (κ1) is 13.0. The Balaban J connectivity index is 1.91. The second-order valence-electron chi connectivity index (χ2n) is 4.95. The third-order valence-corrected chi connectivity index (χ3v) is 4.45. The summed E-state index contributed by atoms with van der Waals surface area (Å²) < 4.78 is 5.86. The predicted octanol–water partition coefficient (Wildman–Crippen LogP) is 2.00. The van der Waals surface area contributed by atoms with E-state index in [1.807, 2.05) is 19.4 Å². The molecule has 1 saturated heterocycles. The number of aromatic nitrogens is 2. The van der Waals surface area contributed by atoms with E-state index in [0.29, 0.717) is 12.1 Å². The number of thioether (sulfide) groups is 1. The van der Waals surface area contributed by atoms with Crippen LogP contribution in [0.3, 0.4) is 0 Å². The number of hydrogen-bond donors (Lipinski definition) is 1. The first-order valence-corrected chi connectivity index (χ1v) is 8.03. The largest absolute Gasteiger partial charge is 0.374 e. The fraction of sp³-hybridized carbons (Fsp3) is 0.692. The number of nitrogens with zero attached hydrogens (tertiary/aromatic N) is 3. The first-order chi connectivity index (χ1) is 9.31. The molecule has 3 rings (SSSR count). The molecule has 0 amide bonds. The van der Waals surface area contributed by atoms with Gasteiger partial charge in [0.1, 0.15) is 11.6 Å². The summed E-state index contributed by atoms with van der Waals surface area (Å²) in [6.07, 6.45) is 6.04. The molecule has 5 nitrogen and oxygen atoms in total. The molecule has 1 aromatic rings. The fourth-order valence-electron chi connectivity index (χ4n) is 2.99. The molecule has 19 heavy (non-hydrogen) atoms. The third kappa shape index (κ3) is 2.51. The molecule has 2 atom stereocenters. The van der Waals surface area contributed by atoms with Crippen molar-refractivity contribution < 1.29 is 4.74 Å². The highest BCUT2D eigenvalue weighted by Gasteiger charge is 2.36. The minimum Gasteiger partial charge on any atom is -0.374 e. The van der Waals surface area contributed by atoms with Gasteiger partial charge in [-0.3, -0.25) is 0 Å². The molecule has 1 N–H and O–H groups in total. The van der Waals surface area contributed by atoms with E-state index in [4.69, 9.17) is 4.74 Å². The van der Waals surface area contributed by atoms with Crippen molar-refractivity contribution >= 4 is 23.4 Å². The molecular weight excluding hydrogens is 260 g/mol. The standard InChI is InChI=1S/C13H20N4OS/c1-14-11-8-12(16-13(15-11)19-2)17-6-7-18-10-5-3-4-9(10)17/h8-10H,3-7H2,1-2H3,(H,14,15,16). The Morgan fingerprint density at radius 2 is 2.32 bits per heavy atom. The van der Waals surface area contributed by atoms with Crippen molar-refractivity contribution in [2.24, 2.45) is 0 Å². The number of anilines is 2. The zero-order chi connectivity index (χ0) is 13.2. The van der Waals surface area contributed by atoms with E-state index in [0.717, 1.165) is 29.9 Å². The molecule has 1 aromatic heterocycles. The Kier molecular flexibility index (Phi) is 3.79. The molecule has 0 bridgehead atoms. The predicted molar refractivity (Wildman–Crippen MR) is 78.1 cm³/mol. The number of morpholine rings is 1. The number of nitrogens with one attached hydrogen (secondary N) is 1. The molecule has 104 valence electrons. The van der Waals surface area contributed by atoms with Crippen LogP contribution in [0.15, 0.2) is 11.2 Å². The van der Waals surface area contributed by atoms with Gasteiger partial charge in [0.2, 0.25) is 0 Å².